The Bertz CT molecular complexity index is 534. The molecule has 96 valence electrons. The third kappa shape index (κ3) is 2.91. The fourth-order valence-corrected chi connectivity index (χ4v) is 2.56. The van der Waals surface area contributed by atoms with E-state index in [0.717, 1.165) is 4.88 Å². The Labute approximate surface area is 112 Å². The molecule has 0 aliphatic carbocycles. The first-order valence-corrected chi connectivity index (χ1v) is 7.09. The molecular formula is C11H12N2O3S2. The summed E-state index contributed by atoms with van der Waals surface area (Å²) in [7, 11) is 0. The summed E-state index contributed by atoms with van der Waals surface area (Å²) in [6, 6.07) is 3.80. The molecule has 7 heteroatoms. The summed E-state index contributed by atoms with van der Waals surface area (Å²) in [6.45, 7) is 3.33. The van der Waals surface area contributed by atoms with Gasteiger partial charge in [-0.3, -0.25) is 4.79 Å². The smallest absolute Gasteiger partial charge is 0.309 e. The molecule has 0 aliphatic heterocycles. The van der Waals surface area contributed by atoms with E-state index in [1.807, 2.05) is 17.5 Å². The lowest BCUT2D eigenvalue weighted by Crippen LogP contribution is -2.26. The summed E-state index contributed by atoms with van der Waals surface area (Å²) in [5.41, 5.74) is -0.817. The highest BCUT2D eigenvalue weighted by Gasteiger charge is 2.28. The number of aromatic nitrogens is 2. The third-order valence-electron chi connectivity index (χ3n) is 2.27. The van der Waals surface area contributed by atoms with Crippen molar-refractivity contribution in [2.75, 3.05) is 5.75 Å². The van der Waals surface area contributed by atoms with Gasteiger partial charge in [-0.05, 0) is 25.3 Å². The first kappa shape index (κ1) is 13.1. The van der Waals surface area contributed by atoms with Crippen LogP contribution < -0.4 is 0 Å². The molecule has 0 saturated heterocycles. The molecule has 0 aliphatic rings. The van der Waals surface area contributed by atoms with Gasteiger partial charge in [-0.15, -0.1) is 21.5 Å². The SMILES string of the molecule is CC(C)(CSc1nnc(-c2cccs2)o1)C(=O)O. The van der Waals surface area contributed by atoms with Crippen LogP contribution in [0.3, 0.4) is 0 Å². The van der Waals surface area contributed by atoms with Crippen molar-refractivity contribution in [3.8, 4) is 10.8 Å². The molecule has 5 nitrogen and oxygen atoms in total. The number of hydrogen-bond acceptors (Lipinski definition) is 6. The quantitative estimate of drug-likeness (QED) is 0.851. The molecule has 0 spiro atoms. The van der Waals surface area contributed by atoms with Crippen LogP contribution in [0.2, 0.25) is 0 Å². The Balaban J connectivity index is 2.02. The lowest BCUT2D eigenvalue weighted by molar-refractivity contribution is -0.145. The van der Waals surface area contributed by atoms with Gasteiger partial charge in [0, 0.05) is 5.75 Å². The first-order valence-electron chi connectivity index (χ1n) is 5.22. The standard InChI is InChI=1S/C11H12N2O3S2/c1-11(2,9(14)15)6-18-10-13-12-8(16-10)7-4-3-5-17-7/h3-5H,6H2,1-2H3,(H,14,15). The minimum atomic E-state index is -0.840. The number of thiophene rings is 1. The van der Waals surface area contributed by atoms with E-state index in [0.29, 0.717) is 16.9 Å². The lowest BCUT2D eigenvalue weighted by Gasteiger charge is -2.16. The second kappa shape index (κ2) is 5.11. The fraction of sp³-hybridized carbons (Fsp3) is 0.364. The van der Waals surface area contributed by atoms with Crippen molar-refractivity contribution in [1.82, 2.24) is 10.2 Å². The summed E-state index contributed by atoms with van der Waals surface area (Å²) in [6.07, 6.45) is 0. The molecule has 0 atom stereocenters. The van der Waals surface area contributed by atoms with Crippen molar-refractivity contribution >= 4 is 29.1 Å². The average Bonchev–Trinajstić information content (AvgIpc) is 2.97. The zero-order valence-corrected chi connectivity index (χ0v) is 11.5. The summed E-state index contributed by atoms with van der Waals surface area (Å²) in [5, 5.41) is 19.1. The van der Waals surface area contributed by atoms with Crippen LogP contribution in [0, 0.1) is 5.41 Å². The monoisotopic (exact) mass is 284 g/mol. The number of nitrogens with zero attached hydrogens (tertiary/aromatic N) is 2. The minimum absolute atomic E-state index is 0.383. The van der Waals surface area contributed by atoms with E-state index in [1.165, 1.54) is 23.1 Å². The average molecular weight is 284 g/mol. The minimum Gasteiger partial charge on any atom is -0.481 e. The number of carbonyl (C=O) groups is 1. The van der Waals surface area contributed by atoms with Gasteiger partial charge in [0.05, 0.1) is 10.3 Å². The van der Waals surface area contributed by atoms with Crippen LogP contribution in [0.4, 0.5) is 0 Å². The second-order valence-corrected chi connectivity index (χ2v) is 6.20. The van der Waals surface area contributed by atoms with E-state index in [2.05, 4.69) is 10.2 Å². The van der Waals surface area contributed by atoms with Crippen molar-refractivity contribution in [1.29, 1.82) is 0 Å². The number of thioether (sulfide) groups is 1. The maximum atomic E-state index is 11.0. The number of carboxylic acids is 1. The predicted octanol–water partition coefficient (Wildman–Crippen LogP) is 3.00. The number of rotatable bonds is 5. The molecule has 0 unspecified atom stereocenters. The highest BCUT2D eigenvalue weighted by atomic mass is 32.2. The molecule has 2 rings (SSSR count). The van der Waals surface area contributed by atoms with Crippen LogP contribution in [-0.2, 0) is 4.79 Å². The first-order chi connectivity index (χ1) is 8.49. The molecule has 0 fully saturated rings. The predicted molar refractivity (Wildman–Crippen MR) is 69.8 cm³/mol. The van der Waals surface area contributed by atoms with Crippen LogP contribution in [-0.4, -0.2) is 27.0 Å². The fourth-order valence-electron chi connectivity index (χ4n) is 1.07. The Morgan fingerprint density at radius 1 is 1.56 bits per heavy atom. The van der Waals surface area contributed by atoms with Crippen molar-refractivity contribution in [3.63, 3.8) is 0 Å². The summed E-state index contributed by atoms with van der Waals surface area (Å²) in [4.78, 5) is 11.9. The van der Waals surface area contributed by atoms with Crippen LogP contribution in [0.25, 0.3) is 10.8 Å². The van der Waals surface area contributed by atoms with Gasteiger partial charge in [-0.1, -0.05) is 17.8 Å². The van der Waals surface area contributed by atoms with Gasteiger partial charge in [0.1, 0.15) is 0 Å². The summed E-state index contributed by atoms with van der Waals surface area (Å²) in [5.74, 6) is 0.0163. The van der Waals surface area contributed by atoms with Crippen molar-refractivity contribution < 1.29 is 14.3 Å². The Kier molecular flexibility index (Phi) is 3.72. The molecule has 1 N–H and O–H groups in total. The van der Waals surface area contributed by atoms with E-state index in [4.69, 9.17) is 9.52 Å². The largest absolute Gasteiger partial charge is 0.481 e. The maximum Gasteiger partial charge on any atom is 0.309 e. The Hall–Kier alpha value is -1.34. The summed E-state index contributed by atoms with van der Waals surface area (Å²) < 4.78 is 5.46. The van der Waals surface area contributed by atoms with Gasteiger partial charge in [-0.25, -0.2) is 0 Å². The van der Waals surface area contributed by atoms with Crippen molar-refractivity contribution in [3.05, 3.63) is 17.5 Å². The lowest BCUT2D eigenvalue weighted by atomic mass is 9.97. The van der Waals surface area contributed by atoms with Crippen LogP contribution in [0.15, 0.2) is 27.2 Å². The highest BCUT2D eigenvalue weighted by Crippen LogP contribution is 2.30. The number of hydrogen-bond donors (Lipinski definition) is 1. The van der Waals surface area contributed by atoms with E-state index in [9.17, 15) is 4.79 Å². The molecule has 2 aromatic heterocycles. The number of carboxylic acid groups (broad SMARTS) is 1. The van der Waals surface area contributed by atoms with Crippen molar-refractivity contribution in [2.24, 2.45) is 5.41 Å². The topological polar surface area (TPSA) is 76.2 Å². The highest BCUT2D eigenvalue weighted by molar-refractivity contribution is 7.99. The maximum absolute atomic E-state index is 11.0. The third-order valence-corrected chi connectivity index (χ3v) is 4.41. The van der Waals surface area contributed by atoms with E-state index in [1.54, 1.807) is 13.8 Å². The molecular weight excluding hydrogens is 272 g/mol. The second-order valence-electron chi connectivity index (χ2n) is 4.33. The Morgan fingerprint density at radius 2 is 2.33 bits per heavy atom. The molecule has 0 radical (unpaired) electrons. The van der Waals surface area contributed by atoms with Gasteiger partial charge in [0.2, 0.25) is 0 Å². The molecule has 2 heterocycles. The van der Waals surface area contributed by atoms with Crippen molar-refractivity contribution in [2.45, 2.75) is 19.1 Å². The molecule has 0 aromatic carbocycles. The van der Waals surface area contributed by atoms with Crippen LogP contribution in [0.5, 0.6) is 0 Å². The molecule has 2 aromatic rings. The van der Waals surface area contributed by atoms with E-state index < -0.39 is 11.4 Å². The normalized spacial score (nSPS) is 11.7. The van der Waals surface area contributed by atoms with E-state index in [-0.39, 0.29) is 0 Å². The van der Waals surface area contributed by atoms with Gasteiger partial charge >= 0.3 is 5.97 Å². The molecule has 0 bridgehead atoms. The zero-order valence-electron chi connectivity index (χ0n) is 9.91. The van der Waals surface area contributed by atoms with Gasteiger partial charge < -0.3 is 9.52 Å². The zero-order chi connectivity index (χ0) is 13.2. The van der Waals surface area contributed by atoms with Gasteiger partial charge in [-0.2, -0.15) is 0 Å². The van der Waals surface area contributed by atoms with Gasteiger partial charge in [0.25, 0.3) is 11.1 Å². The molecule has 18 heavy (non-hydrogen) atoms. The number of aliphatic carboxylic acids is 1. The molecule has 0 saturated carbocycles. The Morgan fingerprint density at radius 3 is 2.94 bits per heavy atom. The summed E-state index contributed by atoms with van der Waals surface area (Å²) >= 11 is 2.78. The van der Waals surface area contributed by atoms with Gasteiger partial charge in [0.15, 0.2) is 0 Å². The van der Waals surface area contributed by atoms with Crippen LogP contribution in [0.1, 0.15) is 13.8 Å². The molecule has 0 amide bonds. The van der Waals surface area contributed by atoms with E-state index >= 15 is 0 Å². The van der Waals surface area contributed by atoms with Crippen LogP contribution >= 0.6 is 23.1 Å².